The van der Waals surface area contributed by atoms with Gasteiger partial charge in [0.25, 0.3) is 0 Å². The second-order valence-corrected chi connectivity index (χ2v) is 7.60. The average molecular weight is 344 g/mol. The largest absolute Gasteiger partial charge is 0.295 e. The van der Waals surface area contributed by atoms with Crippen LogP contribution < -0.4 is 0 Å². The molecule has 0 spiro atoms. The fourth-order valence-electron chi connectivity index (χ4n) is 5.04. The zero-order valence-electron chi connectivity index (χ0n) is 14.1. The number of hydrogen-bond acceptors (Lipinski definition) is 4. The molecule has 130 valence electrons. The highest BCUT2D eigenvalue weighted by atomic mass is 19.1. The molecular weight excluding hydrogens is 326 g/mol. The maximum atomic E-state index is 14.2. The summed E-state index contributed by atoms with van der Waals surface area (Å²) in [6.07, 6.45) is 3.47. The normalized spacial score (nSPS) is 29.4. The smallest absolute Gasteiger partial charge is 0.207 e. The number of aromatic nitrogens is 2. The molecule has 1 aromatic rings. The molecule has 2 atom stereocenters. The molecule has 4 nitrogen and oxygen atoms in total. The van der Waals surface area contributed by atoms with Crippen molar-refractivity contribution in [1.29, 1.82) is 0 Å². The molecule has 3 aliphatic carbocycles. The number of hydrogen-bond donors (Lipinski definition) is 0. The van der Waals surface area contributed by atoms with Gasteiger partial charge in [-0.25, -0.2) is 8.78 Å². The van der Waals surface area contributed by atoms with Crippen LogP contribution in [0.1, 0.15) is 62.4 Å². The van der Waals surface area contributed by atoms with Gasteiger partial charge in [-0.3, -0.25) is 9.59 Å². The van der Waals surface area contributed by atoms with E-state index >= 15 is 0 Å². The monoisotopic (exact) mass is 344 g/mol. The van der Waals surface area contributed by atoms with E-state index in [2.05, 4.69) is 10.2 Å². The lowest BCUT2D eigenvalue weighted by molar-refractivity contribution is -0.136. The second-order valence-electron chi connectivity index (χ2n) is 7.60. The van der Waals surface area contributed by atoms with Gasteiger partial charge in [0.05, 0.1) is 22.4 Å². The van der Waals surface area contributed by atoms with Crippen molar-refractivity contribution < 1.29 is 18.4 Å². The van der Waals surface area contributed by atoms with E-state index in [9.17, 15) is 18.4 Å². The highest BCUT2D eigenvalue weighted by Gasteiger charge is 2.67. The van der Waals surface area contributed by atoms with Gasteiger partial charge in [-0.05, 0) is 48.3 Å². The Hall–Kier alpha value is -2.24. The summed E-state index contributed by atoms with van der Waals surface area (Å²) in [4.78, 5) is 23.7. The summed E-state index contributed by atoms with van der Waals surface area (Å²) >= 11 is 0. The third-order valence-electron chi connectivity index (χ3n) is 6.36. The quantitative estimate of drug-likeness (QED) is 0.619. The molecule has 1 heterocycles. The molecule has 1 aromatic heterocycles. The first-order valence-electron chi connectivity index (χ1n) is 8.47. The van der Waals surface area contributed by atoms with E-state index in [1.165, 1.54) is 6.08 Å². The minimum Gasteiger partial charge on any atom is -0.295 e. The van der Waals surface area contributed by atoms with Crippen molar-refractivity contribution in [2.24, 2.45) is 5.41 Å². The number of rotatable bonds is 3. The molecule has 1 saturated carbocycles. The molecule has 25 heavy (non-hydrogen) atoms. The molecule has 0 aromatic carbocycles. The first-order valence-corrected chi connectivity index (χ1v) is 8.47. The maximum Gasteiger partial charge on any atom is 0.207 e. The van der Waals surface area contributed by atoms with Gasteiger partial charge in [0.2, 0.25) is 5.78 Å². The van der Waals surface area contributed by atoms with E-state index in [4.69, 9.17) is 0 Å². The Morgan fingerprint density at radius 1 is 1.32 bits per heavy atom. The Kier molecular flexibility index (Phi) is 3.33. The van der Waals surface area contributed by atoms with Crippen LogP contribution in [0.3, 0.4) is 0 Å². The maximum absolute atomic E-state index is 14.2. The number of halogens is 2. The topological polar surface area (TPSA) is 59.9 Å². The van der Waals surface area contributed by atoms with Crippen LogP contribution >= 0.6 is 0 Å². The van der Waals surface area contributed by atoms with Gasteiger partial charge in [-0.2, -0.15) is 10.2 Å². The summed E-state index contributed by atoms with van der Waals surface area (Å²) in [6.45, 7) is 3.91. The first kappa shape index (κ1) is 16.2. The summed E-state index contributed by atoms with van der Waals surface area (Å²) in [5.74, 6) is -1.63. The molecule has 0 saturated heterocycles. The molecule has 6 heteroatoms. The number of aldehydes is 1. The molecule has 0 radical (unpaired) electrons. The minimum absolute atomic E-state index is 0.0138. The van der Waals surface area contributed by atoms with Crippen LogP contribution in [0.2, 0.25) is 0 Å². The lowest BCUT2D eigenvalue weighted by Crippen LogP contribution is -2.44. The summed E-state index contributed by atoms with van der Waals surface area (Å²) in [6, 6.07) is 1.65. The Morgan fingerprint density at radius 2 is 2.08 bits per heavy atom. The van der Waals surface area contributed by atoms with E-state index in [-0.39, 0.29) is 23.6 Å². The minimum atomic E-state index is -0.978. The van der Waals surface area contributed by atoms with Crippen LogP contribution in [0.25, 0.3) is 5.57 Å². The van der Waals surface area contributed by atoms with Crippen LogP contribution in [0, 0.1) is 5.41 Å². The number of Topliss-reactive ketones (excluding diaryl/α,β-unsaturated/α-hetero) is 1. The van der Waals surface area contributed by atoms with Crippen LogP contribution in [0.4, 0.5) is 8.78 Å². The van der Waals surface area contributed by atoms with Crippen LogP contribution in [-0.2, 0) is 15.0 Å². The van der Waals surface area contributed by atoms with Gasteiger partial charge in [0.15, 0.2) is 6.29 Å². The summed E-state index contributed by atoms with van der Waals surface area (Å²) in [5, 5.41) is 8.22. The van der Waals surface area contributed by atoms with Crippen molar-refractivity contribution in [3.63, 3.8) is 0 Å². The summed E-state index contributed by atoms with van der Waals surface area (Å²) in [5.41, 5.74) is -0.159. The van der Waals surface area contributed by atoms with E-state index in [0.29, 0.717) is 24.8 Å². The van der Waals surface area contributed by atoms with Crippen molar-refractivity contribution in [3.05, 3.63) is 40.7 Å². The molecule has 1 fully saturated rings. The average Bonchev–Trinajstić information content (AvgIpc) is 2.96. The van der Waals surface area contributed by atoms with Crippen molar-refractivity contribution >= 4 is 17.6 Å². The van der Waals surface area contributed by atoms with Gasteiger partial charge < -0.3 is 0 Å². The van der Waals surface area contributed by atoms with E-state index < -0.39 is 28.3 Å². The van der Waals surface area contributed by atoms with Crippen molar-refractivity contribution in [2.45, 2.75) is 50.9 Å². The molecule has 0 aliphatic heterocycles. The molecule has 0 amide bonds. The number of ketones is 1. The van der Waals surface area contributed by atoms with Crippen molar-refractivity contribution in [2.75, 3.05) is 0 Å². The highest BCUT2D eigenvalue weighted by molar-refractivity contribution is 6.30. The zero-order valence-corrected chi connectivity index (χ0v) is 14.1. The molecule has 0 N–H and O–H groups in total. The van der Waals surface area contributed by atoms with Crippen molar-refractivity contribution in [1.82, 2.24) is 10.2 Å². The molecular formula is C19H18F2N2O2. The zero-order chi connectivity index (χ0) is 18.0. The molecule has 0 unspecified atom stereocenters. The number of nitrogens with zero attached hydrogens (tertiary/aromatic N) is 2. The number of carbonyl (C=O) groups excluding carboxylic acids is 2. The Balaban J connectivity index is 1.90. The second kappa shape index (κ2) is 5.13. The SMILES string of the molecule is CC1(C)[C@H]2CC[C@]1(C(=O)C=O)c1nnc(C3=C(F)CCC=C3F)cc12. The summed E-state index contributed by atoms with van der Waals surface area (Å²) in [7, 11) is 0. The standard InChI is InChI=1S/C19H18F2N2O2/c1-18(2)11-6-7-19(18,15(25)9-24)17-10(11)8-14(22-23-17)16-12(20)4-3-5-13(16)21/h4,8-9,11H,3,5-7H2,1-2H3/t11-,19-/m0/s1. The fourth-order valence-corrected chi connectivity index (χ4v) is 5.04. The van der Waals surface area contributed by atoms with Gasteiger partial charge in [0.1, 0.15) is 11.7 Å². The first-order chi connectivity index (χ1) is 11.8. The number of carbonyl (C=O) groups is 2. The van der Waals surface area contributed by atoms with Gasteiger partial charge >= 0.3 is 0 Å². The lowest BCUT2D eigenvalue weighted by atomic mass is 9.66. The fraction of sp³-hybridized carbons (Fsp3) is 0.474. The van der Waals surface area contributed by atoms with Gasteiger partial charge in [-0.1, -0.05) is 13.8 Å². The number of allylic oxidation sites excluding steroid dienone is 4. The van der Waals surface area contributed by atoms with Crippen molar-refractivity contribution in [3.8, 4) is 0 Å². The van der Waals surface area contributed by atoms with Crippen LogP contribution in [0.5, 0.6) is 0 Å². The Bertz CT molecular complexity index is 872. The molecule has 3 aliphatic rings. The van der Waals surface area contributed by atoms with E-state index in [0.717, 1.165) is 12.0 Å². The van der Waals surface area contributed by atoms with Gasteiger partial charge in [0, 0.05) is 6.42 Å². The third kappa shape index (κ3) is 1.85. The predicted molar refractivity (Wildman–Crippen MR) is 87.0 cm³/mol. The highest BCUT2D eigenvalue weighted by Crippen LogP contribution is 2.67. The Labute approximate surface area is 144 Å². The van der Waals surface area contributed by atoms with Crippen LogP contribution in [-0.4, -0.2) is 22.3 Å². The lowest BCUT2D eigenvalue weighted by Gasteiger charge is -2.34. The predicted octanol–water partition coefficient (Wildman–Crippen LogP) is 3.73. The van der Waals surface area contributed by atoms with E-state index in [1.807, 2.05) is 13.8 Å². The number of fused-ring (bicyclic) bond motifs is 5. The van der Waals surface area contributed by atoms with Gasteiger partial charge in [-0.15, -0.1) is 0 Å². The Morgan fingerprint density at radius 3 is 2.76 bits per heavy atom. The molecule has 4 rings (SSSR count). The third-order valence-corrected chi connectivity index (χ3v) is 6.36. The van der Waals surface area contributed by atoms with Crippen LogP contribution in [0.15, 0.2) is 23.8 Å². The summed E-state index contributed by atoms with van der Waals surface area (Å²) < 4.78 is 28.3. The molecule has 2 bridgehead atoms. The van der Waals surface area contributed by atoms with E-state index in [1.54, 1.807) is 6.07 Å².